The summed E-state index contributed by atoms with van der Waals surface area (Å²) in [5.41, 5.74) is 2.39. The lowest BCUT2D eigenvalue weighted by atomic mass is 10.1. The number of aryl methyl sites for hydroxylation is 2. The number of rotatable bonds is 5. The van der Waals surface area contributed by atoms with Crippen LogP contribution in [-0.2, 0) is 6.61 Å². The van der Waals surface area contributed by atoms with Crippen molar-refractivity contribution in [3.8, 4) is 5.75 Å². The van der Waals surface area contributed by atoms with Crippen LogP contribution >= 0.6 is 0 Å². The lowest BCUT2D eigenvalue weighted by Crippen LogP contribution is -2.46. The first-order chi connectivity index (χ1) is 12.0. The number of hydrogen-bond acceptors (Lipinski definition) is 5. The van der Waals surface area contributed by atoms with Crippen molar-refractivity contribution in [2.45, 2.75) is 39.3 Å². The highest BCUT2D eigenvalue weighted by atomic mass is 16.5. The molecular formula is C19H25N3O3. The van der Waals surface area contributed by atoms with E-state index in [2.05, 4.69) is 22.4 Å². The number of benzene rings is 1. The van der Waals surface area contributed by atoms with Crippen LogP contribution in [0.1, 0.15) is 40.2 Å². The summed E-state index contributed by atoms with van der Waals surface area (Å²) < 4.78 is 11.0. The van der Waals surface area contributed by atoms with Crippen LogP contribution in [0.15, 0.2) is 28.8 Å². The van der Waals surface area contributed by atoms with Crippen LogP contribution in [0.3, 0.4) is 0 Å². The normalized spacial score (nSPS) is 18.1. The Labute approximate surface area is 148 Å². The molecule has 2 aromatic rings. The third kappa shape index (κ3) is 4.39. The fourth-order valence-corrected chi connectivity index (χ4v) is 3.14. The average Bonchev–Trinajstić information content (AvgIpc) is 2.91. The van der Waals surface area contributed by atoms with Gasteiger partial charge in [0.15, 0.2) is 0 Å². The topological polar surface area (TPSA) is 67.6 Å². The Kier molecular flexibility index (Phi) is 5.38. The van der Waals surface area contributed by atoms with E-state index < -0.39 is 0 Å². The van der Waals surface area contributed by atoms with E-state index in [4.69, 9.17) is 9.26 Å². The molecule has 3 rings (SSSR count). The van der Waals surface area contributed by atoms with Crippen LogP contribution in [0.5, 0.6) is 5.75 Å². The molecule has 0 bridgehead atoms. The van der Waals surface area contributed by atoms with Gasteiger partial charge >= 0.3 is 0 Å². The van der Waals surface area contributed by atoms with E-state index >= 15 is 0 Å². The molecule has 1 aromatic heterocycles. The minimum atomic E-state index is -0.0527. The molecule has 1 aromatic carbocycles. The highest BCUT2D eigenvalue weighted by Crippen LogP contribution is 2.19. The number of carbonyl (C=O) groups is 1. The fraction of sp³-hybridized carbons (Fsp3) is 0.474. The molecule has 0 spiro atoms. The number of likely N-dealkylation sites (N-methyl/N-ethyl adjacent to an activating group) is 1. The number of piperidine rings is 1. The second-order valence-electron chi connectivity index (χ2n) is 6.69. The van der Waals surface area contributed by atoms with Crippen LogP contribution in [0.4, 0.5) is 0 Å². The number of amides is 1. The van der Waals surface area contributed by atoms with Gasteiger partial charge in [0, 0.05) is 18.2 Å². The Morgan fingerprint density at radius 1 is 1.44 bits per heavy atom. The van der Waals surface area contributed by atoms with Crippen molar-refractivity contribution in [3.05, 3.63) is 46.8 Å². The third-order valence-corrected chi connectivity index (χ3v) is 4.62. The van der Waals surface area contributed by atoms with Gasteiger partial charge in [-0.25, -0.2) is 0 Å². The molecule has 0 saturated carbocycles. The molecule has 1 fully saturated rings. The summed E-state index contributed by atoms with van der Waals surface area (Å²) in [5.74, 6) is 1.37. The summed E-state index contributed by atoms with van der Waals surface area (Å²) in [6.07, 6.45) is 2.14. The van der Waals surface area contributed by atoms with Crippen LogP contribution in [-0.4, -0.2) is 42.1 Å². The number of nitrogens with one attached hydrogen (secondary N) is 1. The molecule has 1 atom stereocenters. The first kappa shape index (κ1) is 17.5. The molecular weight excluding hydrogens is 318 g/mol. The van der Waals surface area contributed by atoms with E-state index in [1.165, 1.54) is 0 Å². The van der Waals surface area contributed by atoms with Crippen molar-refractivity contribution < 1.29 is 14.1 Å². The summed E-state index contributed by atoms with van der Waals surface area (Å²) in [6, 6.07) is 7.48. The quantitative estimate of drug-likeness (QED) is 0.904. The van der Waals surface area contributed by atoms with Gasteiger partial charge in [0.25, 0.3) is 5.91 Å². The van der Waals surface area contributed by atoms with Gasteiger partial charge in [-0.05, 0) is 58.5 Å². The van der Waals surface area contributed by atoms with Crippen molar-refractivity contribution in [1.82, 2.24) is 15.4 Å². The van der Waals surface area contributed by atoms with Crippen LogP contribution in [0, 0.1) is 13.8 Å². The number of hydrogen-bond donors (Lipinski definition) is 1. The molecule has 2 heterocycles. The molecule has 1 aliphatic rings. The van der Waals surface area contributed by atoms with Gasteiger partial charge in [-0.2, -0.15) is 0 Å². The fourth-order valence-electron chi connectivity index (χ4n) is 3.14. The molecule has 1 amide bonds. The highest BCUT2D eigenvalue weighted by Gasteiger charge is 2.19. The molecule has 25 heavy (non-hydrogen) atoms. The molecule has 1 unspecified atom stereocenters. The SMILES string of the molecule is Cc1noc(C)c1COc1cccc(C(=O)NC2CCCN(C)C2)c1. The summed E-state index contributed by atoms with van der Waals surface area (Å²) in [7, 11) is 2.08. The minimum Gasteiger partial charge on any atom is -0.489 e. The zero-order valence-corrected chi connectivity index (χ0v) is 15.0. The van der Waals surface area contributed by atoms with E-state index in [1.807, 2.05) is 32.0 Å². The number of likely N-dealkylation sites (tertiary alicyclic amines) is 1. The summed E-state index contributed by atoms with van der Waals surface area (Å²) in [5, 5.41) is 7.04. The van der Waals surface area contributed by atoms with Crippen molar-refractivity contribution in [1.29, 1.82) is 0 Å². The van der Waals surface area contributed by atoms with Crippen LogP contribution in [0.2, 0.25) is 0 Å². The largest absolute Gasteiger partial charge is 0.489 e. The Balaban J connectivity index is 1.61. The first-order valence-electron chi connectivity index (χ1n) is 8.67. The molecule has 1 N–H and O–H groups in total. The van der Waals surface area contributed by atoms with E-state index in [-0.39, 0.29) is 11.9 Å². The van der Waals surface area contributed by atoms with Gasteiger partial charge in [0.05, 0.1) is 11.3 Å². The molecule has 6 heteroatoms. The third-order valence-electron chi connectivity index (χ3n) is 4.62. The Bertz CT molecular complexity index is 722. The van der Waals surface area contributed by atoms with Crippen molar-refractivity contribution >= 4 is 5.91 Å². The summed E-state index contributed by atoms with van der Waals surface area (Å²) in [4.78, 5) is 14.8. The number of nitrogens with zero attached hydrogens (tertiary/aromatic N) is 2. The van der Waals surface area contributed by atoms with Crippen molar-refractivity contribution in [2.75, 3.05) is 20.1 Å². The van der Waals surface area contributed by atoms with Gasteiger partial charge in [0.2, 0.25) is 0 Å². The second kappa shape index (κ2) is 7.70. The number of aromatic nitrogens is 1. The summed E-state index contributed by atoms with van der Waals surface area (Å²) in [6.45, 7) is 6.12. The van der Waals surface area contributed by atoms with Crippen LogP contribution in [0.25, 0.3) is 0 Å². The highest BCUT2D eigenvalue weighted by molar-refractivity contribution is 5.94. The lowest BCUT2D eigenvalue weighted by molar-refractivity contribution is 0.0912. The molecule has 1 saturated heterocycles. The number of carbonyl (C=O) groups excluding carboxylic acids is 1. The Morgan fingerprint density at radius 3 is 3.00 bits per heavy atom. The Morgan fingerprint density at radius 2 is 2.28 bits per heavy atom. The van der Waals surface area contributed by atoms with E-state index in [0.717, 1.165) is 42.9 Å². The lowest BCUT2D eigenvalue weighted by Gasteiger charge is -2.30. The van der Waals surface area contributed by atoms with Gasteiger partial charge in [-0.1, -0.05) is 11.2 Å². The predicted octanol–water partition coefficient (Wildman–Crippen LogP) is 2.69. The monoisotopic (exact) mass is 343 g/mol. The van der Waals surface area contributed by atoms with Crippen LogP contribution < -0.4 is 10.1 Å². The van der Waals surface area contributed by atoms with E-state index in [9.17, 15) is 4.79 Å². The molecule has 0 radical (unpaired) electrons. The van der Waals surface area contributed by atoms with Gasteiger partial charge in [0.1, 0.15) is 18.1 Å². The zero-order valence-electron chi connectivity index (χ0n) is 15.0. The number of ether oxygens (including phenoxy) is 1. The van der Waals surface area contributed by atoms with Crippen molar-refractivity contribution in [2.24, 2.45) is 0 Å². The summed E-state index contributed by atoms with van der Waals surface area (Å²) >= 11 is 0. The smallest absolute Gasteiger partial charge is 0.251 e. The minimum absolute atomic E-state index is 0.0527. The molecule has 1 aliphatic heterocycles. The molecule has 0 aliphatic carbocycles. The maximum Gasteiger partial charge on any atom is 0.251 e. The first-order valence-corrected chi connectivity index (χ1v) is 8.67. The van der Waals surface area contributed by atoms with Gasteiger partial charge < -0.3 is 19.5 Å². The van der Waals surface area contributed by atoms with Crippen molar-refractivity contribution in [3.63, 3.8) is 0 Å². The Hall–Kier alpha value is -2.34. The maximum atomic E-state index is 12.5. The standard InChI is InChI=1S/C19H25N3O3/c1-13-18(14(2)25-21-13)12-24-17-8-4-6-15(10-17)19(23)20-16-7-5-9-22(3)11-16/h4,6,8,10,16H,5,7,9,11-12H2,1-3H3,(H,20,23). The molecule has 6 nitrogen and oxygen atoms in total. The zero-order chi connectivity index (χ0) is 17.8. The van der Waals surface area contributed by atoms with E-state index in [1.54, 1.807) is 6.07 Å². The average molecular weight is 343 g/mol. The molecule has 134 valence electrons. The van der Waals surface area contributed by atoms with Gasteiger partial charge in [-0.15, -0.1) is 0 Å². The van der Waals surface area contributed by atoms with E-state index in [0.29, 0.717) is 17.9 Å². The predicted molar refractivity (Wildman–Crippen MR) is 94.7 cm³/mol. The second-order valence-corrected chi connectivity index (χ2v) is 6.69. The van der Waals surface area contributed by atoms with Gasteiger partial charge in [-0.3, -0.25) is 4.79 Å². The maximum absolute atomic E-state index is 12.5.